The zero-order chi connectivity index (χ0) is 15.6. The Balaban J connectivity index is 2.21. The second-order valence-corrected chi connectivity index (χ2v) is 6.30. The quantitative estimate of drug-likeness (QED) is 0.798. The highest BCUT2D eigenvalue weighted by atomic mass is 32.2. The first-order chi connectivity index (χ1) is 9.77. The van der Waals surface area contributed by atoms with Gasteiger partial charge >= 0.3 is 6.09 Å². The van der Waals surface area contributed by atoms with Crippen LogP contribution in [-0.2, 0) is 9.84 Å². The zero-order valence-corrected chi connectivity index (χ0v) is 12.1. The molecule has 2 heterocycles. The van der Waals surface area contributed by atoms with Gasteiger partial charge in [-0.15, -0.1) is 0 Å². The number of amides is 1. The van der Waals surface area contributed by atoms with E-state index >= 15 is 0 Å². The molecule has 0 aliphatic carbocycles. The van der Waals surface area contributed by atoms with Gasteiger partial charge in [-0.25, -0.2) is 23.2 Å². The zero-order valence-electron chi connectivity index (χ0n) is 11.3. The number of rotatable bonds is 4. The number of carbonyl (C=O) groups is 1. The van der Waals surface area contributed by atoms with E-state index in [1.165, 1.54) is 29.5 Å². The standard InChI is InChI=1S/C11H13N5O4S/c1-7(16-6-9(5-14-16)15-11(17)18)8-3-12-10(13-4-8)21(2,19)20/h3-7,15H,1-2H3,(H,17,18). The summed E-state index contributed by atoms with van der Waals surface area (Å²) in [5.74, 6) is 0. The van der Waals surface area contributed by atoms with Crippen molar-refractivity contribution in [3.8, 4) is 0 Å². The molecule has 2 aromatic heterocycles. The SMILES string of the molecule is CC(c1cnc(S(C)(=O)=O)nc1)n1cc(NC(=O)O)cn1. The fourth-order valence-corrected chi connectivity index (χ4v) is 2.11. The molecule has 0 spiro atoms. The van der Waals surface area contributed by atoms with Crippen LogP contribution in [0.25, 0.3) is 0 Å². The van der Waals surface area contributed by atoms with E-state index in [0.29, 0.717) is 11.3 Å². The highest BCUT2D eigenvalue weighted by molar-refractivity contribution is 7.90. The fraction of sp³-hybridized carbons (Fsp3) is 0.273. The minimum Gasteiger partial charge on any atom is -0.465 e. The van der Waals surface area contributed by atoms with Crippen LogP contribution in [0.1, 0.15) is 18.5 Å². The average Bonchev–Trinajstić information content (AvgIpc) is 2.84. The Labute approximate surface area is 120 Å². The van der Waals surface area contributed by atoms with E-state index in [2.05, 4.69) is 20.4 Å². The second kappa shape index (κ2) is 5.48. The number of carboxylic acid groups (broad SMARTS) is 1. The third-order valence-corrected chi connectivity index (χ3v) is 3.59. The first-order valence-electron chi connectivity index (χ1n) is 5.83. The van der Waals surface area contributed by atoms with Crippen molar-refractivity contribution in [3.63, 3.8) is 0 Å². The number of hydrogen-bond donors (Lipinski definition) is 2. The monoisotopic (exact) mass is 311 g/mol. The fourth-order valence-electron chi connectivity index (χ4n) is 1.62. The van der Waals surface area contributed by atoms with Crippen molar-refractivity contribution in [2.75, 3.05) is 11.6 Å². The molecule has 10 heteroatoms. The summed E-state index contributed by atoms with van der Waals surface area (Å²) in [6, 6.07) is -0.275. The summed E-state index contributed by atoms with van der Waals surface area (Å²) in [6.07, 6.45) is 5.55. The van der Waals surface area contributed by atoms with Gasteiger partial charge in [0.05, 0.1) is 17.9 Å². The Morgan fingerprint density at radius 1 is 1.33 bits per heavy atom. The Hall–Kier alpha value is -2.49. The summed E-state index contributed by atoms with van der Waals surface area (Å²) in [5, 5.41) is 14.6. The Bertz CT molecular complexity index is 753. The van der Waals surface area contributed by atoms with Crippen LogP contribution in [-0.4, -0.2) is 45.6 Å². The molecule has 1 amide bonds. The number of nitrogens with one attached hydrogen (secondary N) is 1. The van der Waals surface area contributed by atoms with Gasteiger partial charge in [0.2, 0.25) is 15.0 Å². The lowest BCUT2D eigenvalue weighted by Crippen LogP contribution is -2.10. The van der Waals surface area contributed by atoms with Gasteiger partial charge in [0.1, 0.15) is 0 Å². The Morgan fingerprint density at radius 3 is 2.48 bits per heavy atom. The van der Waals surface area contributed by atoms with Gasteiger partial charge in [0.15, 0.2) is 0 Å². The van der Waals surface area contributed by atoms with Crippen LogP contribution >= 0.6 is 0 Å². The summed E-state index contributed by atoms with van der Waals surface area (Å²) in [4.78, 5) is 18.1. The van der Waals surface area contributed by atoms with Crippen LogP contribution in [0.5, 0.6) is 0 Å². The predicted molar refractivity (Wildman–Crippen MR) is 72.8 cm³/mol. The molecule has 0 aliphatic rings. The Kier molecular flexibility index (Phi) is 3.89. The molecule has 0 bridgehead atoms. The van der Waals surface area contributed by atoms with E-state index in [9.17, 15) is 13.2 Å². The lowest BCUT2D eigenvalue weighted by Gasteiger charge is -2.11. The second-order valence-electron chi connectivity index (χ2n) is 4.39. The van der Waals surface area contributed by atoms with Gasteiger partial charge in [-0.1, -0.05) is 0 Å². The van der Waals surface area contributed by atoms with Crippen molar-refractivity contribution in [2.24, 2.45) is 0 Å². The van der Waals surface area contributed by atoms with E-state index in [-0.39, 0.29) is 11.2 Å². The molecule has 1 unspecified atom stereocenters. The van der Waals surface area contributed by atoms with Crippen LogP contribution in [0.4, 0.5) is 10.5 Å². The number of nitrogens with zero attached hydrogens (tertiary/aromatic N) is 4. The molecule has 1 atom stereocenters. The first-order valence-corrected chi connectivity index (χ1v) is 7.72. The summed E-state index contributed by atoms with van der Waals surface area (Å²) in [6.45, 7) is 1.80. The molecule has 0 fully saturated rings. The minimum atomic E-state index is -3.44. The van der Waals surface area contributed by atoms with E-state index < -0.39 is 15.9 Å². The largest absolute Gasteiger partial charge is 0.465 e. The third kappa shape index (κ3) is 3.54. The molecule has 2 aromatic rings. The highest BCUT2D eigenvalue weighted by Crippen LogP contribution is 2.18. The number of sulfone groups is 1. The number of hydrogen-bond acceptors (Lipinski definition) is 6. The van der Waals surface area contributed by atoms with Gasteiger partial charge in [-0.3, -0.25) is 10.00 Å². The van der Waals surface area contributed by atoms with Gasteiger partial charge in [-0.05, 0) is 6.92 Å². The van der Waals surface area contributed by atoms with E-state index in [1.807, 2.05) is 0 Å². The van der Waals surface area contributed by atoms with E-state index in [1.54, 1.807) is 6.92 Å². The van der Waals surface area contributed by atoms with Gasteiger partial charge in [0.25, 0.3) is 0 Å². The minimum absolute atomic E-state index is 0.243. The molecule has 9 nitrogen and oxygen atoms in total. The van der Waals surface area contributed by atoms with Gasteiger partial charge in [-0.2, -0.15) is 5.10 Å². The van der Waals surface area contributed by atoms with E-state index in [4.69, 9.17) is 5.11 Å². The van der Waals surface area contributed by atoms with Crippen molar-refractivity contribution < 1.29 is 18.3 Å². The average molecular weight is 311 g/mol. The number of anilines is 1. The van der Waals surface area contributed by atoms with Gasteiger partial charge in [0, 0.05) is 30.4 Å². The normalized spacial score (nSPS) is 12.9. The maximum absolute atomic E-state index is 11.3. The van der Waals surface area contributed by atoms with Crippen molar-refractivity contribution in [1.82, 2.24) is 19.7 Å². The molecule has 0 saturated heterocycles. The smallest absolute Gasteiger partial charge is 0.409 e. The highest BCUT2D eigenvalue weighted by Gasteiger charge is 2.14. The molecule has 2 rings (SSSR count). The lowest BCUT2D eigenvalue weighted by atomic mass is 10.2. The van der Waals surface area contributed by atoms with E-state index in [0.717, 1.165) is 6.26 Å². The topological polar surface area (TPSA) is 127 Å². The van der Waals surface area contributed by atoms with Crippen molar-refractivity contribution >= 4 is 21.6 Å². The van der Waals surface area contributed by atoms with Crippen LogP contribution in [0.3, 0.4) is 0 Å². The summed E-state index contributed by atoms with van der Waals surface area (Å²) in [7, 11) is -3.44. The molecule has 0 aliphatic heterocycles. The van der Waals surface area contributed by atoms with Crippen LogP contribution < -0.4 is 5.32 Å². The maximum Gasteiger partial charge on any atom is 0.409 e. The van der Waals surface area contributed by atoms with Crippen LogP contribution in [0.15, 0.2) is 29.9 Å². The lowest BCUT2D eigenvalue weighted by molar-refractivity contribution is 0.209. The predicted octanol–water partition coefficient (Wildman–Crippen LogP) is 0.776. The molecule has 0 aromatic carbocycles. The molecule has 0 saturated carbocycles. The Morgan fingerprint density at radius 2 is 1.95 bits per heavy atom. The van der Waals surface area contributed by atoms with Crippen LogP contribution in [0.2, 0.25) is 0 Å². The summed E-state index contributed by atoms with van der Waals surface area (Å²) in [5.41, 5.74) is 0.982. The first kappa shape index (κ1) is 14.9. The third-order valence-electron chi connectivity index (χ3n) is 2.71. The summed E-state index contributed by atoms with van der Waals surface area (Å²) < 4.78 is 24.1. The molecule has 0 radical (unpaired) electrons. The van der Waals surface area contributed by atoms with Crippen LogP contribution in [0, 0.1) is 0 Å². The van der Waals surface area contributed by atoms with Gasteiger partial charge < -0.3 is 5.11 Å². The molecule has 112 valence electrons. The molecule has 2 N–H and O–H groups in total. The maximum atomic E-state index is 11.3. The molecular formula is C11H13N5O4S. The molecule has 21 heavy (non-hydrogen) atoms. The molecular weight excluding hydrogens is 298 g/mol. The summed E-state index contributed by atoms with van der Waals surface area (Å²) >= 11 is 0. The van der Waals surface area contributed by atoms with Crippen molar-refractivity contribution in [3.05, 3.63) is 30.4 Å². The van der Waals surface area contributed by atoms with Crippen molar-refractivity contribution in [2.45, 2.75) is 18.1 Å². The van der Waals surface area contributed by atoms with Crippen molar-refractivity contribution in [1.29, 1.82) is 0 Å². The number of aromatic nitrogens is 4.